The van der Waals surface area contributed by atoms with E-state index in [1.165, 1.54) is 17.0 Å². The molecule has 9 nitrogen and oxygen atoms in total. The minimum atomic E-state index is -1.77. The van der Waals surface area contributed by atoms with E-state index in [0.29, 0.717) is 11.3 Å². The van der Waals surface area contributed by atoms with Gasteiger partial charge in [0, 0.05) is 11.5 Å². The lowest BCUT2D eigenvalue weighted by Crippen LogP contribution is -2.48. The van der Waals surface area contributed by atoms with Crippen LogP contribution in [0.15, 0.2) is 90.5 Å². The van der Waals surface area contributed by atoms with Crippen LogP contribution in [-0.4, -0.2) is 45.9 Å². The number of phenolic OH excluding ortho intramolecular Hbond substituents is 1. The molecule has 0 spiro atoms. The van der Waals surface area contributed by atoms with Gasteiger partial charge < -0.3 is 15.2 Å². The number of carbonyl (C=O) groups excluding carboxylic acids is 4. The molecule has 2 aliphatic heterocycles. The van der Waals surface area contributed by atoms with Gasteiger partial charge in [0.2, 0.25) is 23.6 Å². The maximum atomic E-state index is 14.3. The highest BCUT2D eigenvalue weighted by atomic mass is 16.4. The second kappa shape index (κ2) is 9.75. The van der Waals surface area contributed by atoms with Crippen molar-refractivity contribution >= 4 is 47.6 Å². The van der Waals surface area contributed by atoms with Crippen LogP contribution in [0.3, 0.4) is 0 Å². The van der Waals surface area contributed by atoms with Gasteiger partial charge in [0.25, 0.3) is 0 Å². The Morgan fingerprint density at radius 3 is 2.21 bits per heavy atom. The maximum absolute atomic E-state index is 14.3. The lowest BCUT2D eigenvalue weighted by molar-refractivity contribution is -0.131. The topological polar surface area (TPSA) is 135 Å². The molecule has 43 heavy (non-hydrogen) atoms. The van der Waals surface area contributed by atoms with Crippen molar-refractivity contribution in [3.05, 3.63) is 96.1 Å². The predicted octanol–water partition coefficient (Wildman–Crippen LogP) is 2.51. The third-order valence-corrected chi connectivity index (χ3v) is 9.96. The highest BCUT2D eigenvalue weighted by molar-refractivity contribution is 6.58. The first-order valence-corrected chi connectivity index (χ1v) is 14.4. The summed E-state index contributed by atoms with van der Waals surface area (Å²) in [6, 6.07) is 21.5. The fourth-order valence-corrected chi connectivity index (χ4v) is 7.99. The van der Waals surface area contributed by atoms with Crippen LogP contribution in [0.25, 0.3) is 0 Å². The summed E-state index contributed by atoms with van der Waals surface area (Å²) in [6.45, 7) is 1.78. The van der Waals surface area contributed by atoms with Crippen molar-refractivity contribution in [3.63, 3.8) is 0 Å². The summed E-state index contributed by atoms with van der Waals surface area (Å²) in [6.07, 6.45) is 2.38. The molecule has 10 heteroatoms. The van der Waals surface area contributed by atoms with E-state index in [1.54, 1.807) is 73.7 Å². The summed E-state index contributed by atoms with van der Waals surface area (Å²) < 4.78 is 0. The highest BCUT2D eigenvalue weighted by Crippen LogP contribution is 2.64. The lowest BCUT2D eigenvalue weighted by atomic mass is 9.51. The molecule has 2 heterocycles. The summed E-state index contributed by atoms with van der Waals surface area (Å²) in [5, 5.41) is 30.4. The Balaban J connectivity index is 1.35. The van der Waals surface area contributed by atoms with E-state index in [2.05, 4.69) is 0 Å². The Hall–Kier alpha value is -4.54. The normalized spacial score (nSPS) is 29.7. The molecule has 4 amide bonds. The van der Waals surface area contributed by atoms with Crippen LogP contribution in [0.5, 0.6) is 5.75 Å². The van der Waals surface area contributed by atoms with Crippen LogP contribution < -0.4 is 15.3 Å². The quantitative estimate of drug-likeness (QED) is 0.247. The number of fused-ring (bicyclic) bond motifs is 4. The molecule has 216 valence electrons. The van der Waals surface area contributed by atoms with Crippen molar-refractivity contribution < 1.29 is 34.3 Å². The zero-order valence-corrected chi connectivity index (χ0v) is 23.3. The molecule has 0 unspecified atom stereocenters. The van der Waals surface area contributed by atoms with Crippen molar-refractivity contribution in [1.82, 2.24) is 0 Å². The molecule has 1 saturated carbocycles. The van der Waals surface area contributed by atoms with Gasteiger partial charge in [-0.1, -0.05) is 60.2 Å². The van der Waals surface area contributed by atoms with E-state index in [9.17, 15) is 34.3 Å². The van der Waals surface area contributed by atoms with Gasteiger partial charge in [0.05, 0.1) is 34.5 Å². The van der Waals surface area contributed by atoms with Gasteiger partial charge in [-0.05, 0) is 61.5 Å². The number of hydrogen-bond acceptors (Lipinski definition) is 7. The Kier molecular flexibility index (Phi) is 6.19. The first kappa shape index (κ1) is 27.3. The monoisotopic (exact) mass is 576 g/mol. The molecular weight excluding hydrogens is 547 g/mol. The molecule has 3 aromatic carbocycles. The van der Waals surface area contributed by atoms with Crippen molar-refractivity contribution in [2.24, 2.45) is 29.1 Å². The molecule has 0 aromatic heterocycles. The maximum Gasteiger partial charge on any atom is 0.488 e. The zero-order valence-electron chi connectivity index (χ0n) is 23.3. The predicted molar refractivity (Wildman–Crippen MR) is 158 cm³/mol. The van der Waals surface area contributed by atoms with Gasteiger partial charge in [-0.15, -0.1) is 0 Å². The van der Waals surface area contributed by atoms with E-state index in [1.807, 2.05) is 6.08 Å². The third-order valence-electron chi connectivity index (χ3n) is 9.96. The number of para-hydroxylation sites is 2. The second-order valence-electron chi connectivity index (χ2n) is 12.0. The summed E-state index contributed by atoms with van der Waals surface area (Å²) >= 11 is 0. The minimum absolute atomic E-state index is 0.00983. The third kappa shape index (κ3) is 3.79. The average Bonchev–Trinajstić information content (AvgIpc) is 3.37. The van der Waals surface area contributed by atoms with E-state index >= 15 is 0 Å². The molecular formula is C33H29BN2O7. The number of amides is 4. The smallest absolute Gasteiger partial charge is 0.488 e. The molecule has 0 radical (unpaired) electrons. The molecule has 3 aromatic rings. The number of nitrogens with zero attached hydrogens (tertiary/aromatic N) is 2. The number of hydrogen-bond donors (Lipinski definition) is 3. The van der Waals surface area contributed by atoms with Gasteiger partial charge in [-0.25, -0.2) is 4.90 Å². The number of allylic oxidation sites excluding steroid dienone is 2. The van der Waals surface area contributed by atoms with Crippen LogP contribution in [0, 0.1) is 29.1 Å². The number of rotatable bonds is 4. The molecule has 3 fully saturated rings. The van der Waals surface area contributed by atoms with Gasteiger partial charge in [-0.2, -0.15) is 0 Å². The number of anilines is 2. The van der Waals surface area contributed by atoms with E-state index in [-0.39, 0.29) is 47.5 Å². The Morgan fingerprint density at radius 2 is 1.49 bits per heavy atom. The molecule has 2 saturated heterocycles. The molecule has 7 rings (SSSR count). The molecule has 3 N–H and O–H groups in total. The van der Waals surface area contributed by atoms with Crippen LogP contribution >= 0.6 is 0 Å². The molecule has 0 bridgehead atoms. The Bertz CT molecular complexity index is 1720. The van der Waals surface area contributed by atoms with Gasteiger partial charge in [-0.3, -0.25) is 24.1 Å². The largest absolute Gasteiger partial charge is 0.508 e. The highest BCUT2D eigenvalue weighted by Gasteiger charge is 2.68. The number of aromatic hydroxyl groups is 1. The Labute approximate surface area is 248 Å². The average molecular weight is 576 g/mol. The standard InChI is InChI=1S/C33H29BN2O7/c1-33-25(30(39)36(32(33)41)19-9-3-2-4-10-19)17-24-21(28(33)22-12-5-6-13-26(22)37)14-15-23-27(24)31(40)35(29(23)38)20-11-7-8-18(16-20)34(42)43/h2-14,16,23-25,27-28,37,42-43H,15,17H2,1H3/t23-,24+,25-,27-,28+,33+/m0/s1. The van der Waals surface area contributed by atoms with Gasteiger partial charge in [0.1, 0.15) is 5.75 Å². The van der Waals surface area contributed by atoms with E-state index in [0.717, 1.165) is 10.5 Å². The number of imide groups is 2. The van der Waals surface area contributed by atoms with Crippen LogP contribution in [-0.2, 0) is 19.2 Å². The second-order valence-corrected chi connectivity index (χ2v) is 12.0. The SMILES string of the molecule is C[C@@]12C(=O)N(c3ccccc3)C(=O)[C@@H]1C[C@@H]1C(=CC[C@@H]3C(=O)N(c4cccc(B(O)O)c4)C(=O)[C@@H]31)[C@@H]2c1ccccc1O. The number of phenols is 1. The number of carbonyl (C=O) groups is 4. The molecule has 6 atom stereocenters. The molecule has 4 aliphatic rings. The lowest BCUT2D eigenvalue weighted by Gasteiger charge is -2.49. The van der Waals surface area contributed by atoms with Gasteiger partial charge >= 0.3 is 7.12 Å². The fourth-order valence-electron chi connectivity index (χ4n) is 7.99. The van der Waals surface area contributed by atoms with Crippen molar-refractivity contribution in [1.29, 1.82) is 0 Å². The number of benzene rings is 3. The first-order chi connectivity index (χ1) is 20.6. The minimum Gasteiger partial charge on any atom is -0.508 e. The van der Waals surface area contributed by atoms with Crippen LogP contribution in [0.4, 0.5) is 11.4 Å². The summed E-state index contributed by atoms with van der Waals surface area (Å²) in [4.78, 5) is 58.7. The van der Waals surface area contributed by atoms with Crippen molar-refractivity contribution in [2.75, 3.05) is 9.80 Å². The van der Waals surface area contributed by atoms with E-state index in [4.69, 9.17) is 0 Å². The van der Waals surface area contributed by atoms with Crippen molar-refractivity contribution in [3.8, 4) is 5.75 Å². The summed E-state index contributed by atoms with van der Waals surface area (Å²) in [7, 11) is -1.77. The van der Waals surface area contributed by atoms with Crippen LogP contribution in [0.1, 0.15) is 31.2 Å². The van der Waals surface area contributed by atoms with E-state index < -0.39 is 48.0 Å². The summed E-state index contributed by atoms with van der Waals surface area (Å²) in [5.41, 5.74) is 0.896. The fraction of sp³-hybridized carbons (Fsp3) is 0.273. The Morgan fingerprint density at radius 1 is 0.791 bits per heavy atom. The molecule has 2 aliphatic carbocycles. The van der Waals surface area contributed by atoms with Crippen LogP contribution in [0.2, 0.25) is 0 Å². The zero-order chi connectivity index (χ0) is 30.2. The summed E-state index contributed by atoms with van der Waals surface area (Å²) in [5.74, 6) is -5.02. The van der Waals surface area contributed by atoms with Crippen molar-refractivity contribution in [2.45, 2.75) is 25.7 Å². The van der Waals surface area contributed by atoms with Gasteiger partial charge in [0.15, 0.2) is 0 Å². The first-order valence-electron chi connectivity index (χ1n) is 14.4.